The van der Waals surface area contributed by atoms with Gasteiger partial charge in [0.1, 0.15) is 0 Å². The minimum Gasteiger partial charge on any atom is -0.356 e. The van der Waals surface area contributed by atoms with Crippen molar-refractivity contribution in [2.45, 2.75) is 40.2 Å². The van der Waals surface area contributed by atoms with Crippen LogP contribution >= 0.6 is 12.2 Å². The molecule has 0 aliphatic carbocycles. The van der Waals surface area contributed by atoms with E-state index in [1.54, 1.807) is 0 Å². The van der Waals surface area contributed by atoms with E-state index in [2.05, 4.69) is 74.7 Å². The van der Waals surface area contributed by atoms with E-state index in [1.165, 1.54) is 22.3 Å². The molecule has 22 heavy (non-hydrogen) atoms. The Bertz CT molecular complexity index is 647. The lowest BCUT2D eigenvalue weighted by Crippen LogP contribution is -2.32. The maximum Gasteiger partial charge on any atom is 0.171 e. The minimum absolute atomic E-state index is 0.228. The van der Waals surface area contributed by atoms with E-state index in [-0.39, 0.29) is 6.04 Å². The molecule has 0 aliphatic heterocycles. The molecule has 0 amide bonds. The molecule has 3 heteroatoms. The van der Waals surface area contributed by atoms with Crippen molar-refractivity contribution in [1.29, 1.82) is 0 Å². The van der Waals surface area contributed by atoms with Crippen molar-refractivity contribution in [1.82, 2.24) is 5.32 Å². The molecule has 1 unspecified atom stereocenters. The van der Waals surface area contributed by atoms with Gasteiger partial charge in [-0.25, -0.2) is 0 Å². The van der Waals surface area contributed by atoms with Crippen molar-refractivity contribution >= 4 is 23.0 Å². The SMILES string of the molecule is CCC(NC(=S)Nc1cccc(C)c1C)c1ccc(C)cc1. The second-order valence-corrected chi connectivity index (χ2v) is 6.13. The Hall–Kier alpha value is -1.87. The van der Waals surface area contributed by atoms with Crippen molar-refractivity contribution in [3.8, 4) is 0 Å². The Kier molecular flexibility index (Phi) is 5.56. The van der Waals surface area contributed by atoms with Gasteiger partial charge in [0.05, 0.1) is 6.04 Å². The summed E-state index contributed by atoms with van der Waals surface area (Å²) in [4.78, 5) is 0. The normalized spacial score (nSPS) is 11.8. The van der Waals surface area contributed by atoms with Gasteiger partial charge in [0, 0.05) is 5.69 Å². The van der Waals surface area contributed by atoms with E-state index in [1.807, 2.05) is 6.07 Å². The first-order chi connectivity index (χ1) is 10.5. The molecule has 1 atom stereocenters. The first-order valence-corrected chi connectivity index (χ1v) is 8.12. The quantitative estimate of drug-likeness (QED) is 0.773. The number of aryl methyl sites for hydroxylation is 2. The number of rotatable bonds is 4. The Morgan fingerprint density at radius 1 is 1.05 bits per heavy atom. The molecule has 0 aliphatic rings. The molecule has 0 aromatic heterocycles. The van der Waals surface area contributed by atoms with Crippen LogP contribution in [0.5, 0.6) is 0 Å². The van der Waals surface area contributed by atoms with Crippen molar-refractivity contribution in [3.63, 3.8) is 0 Å². The predicted octanol–water partition coefficient (Wildman–Crippen LogP) is 5.05. The molecule has 2 aromatic rings. The molecule has 2 nitrogen and oxygen atoms in total. The molecule has 0 heterocycles. The standard InChI is InChI=1S/C19H24N2S/c1-5-17(16-11-9-13(2)10-12-16)20-19(22)21-18-8-6-7-14(3)15(18)4/h6-12,17H,5H2,1-4H3,(H2,20,21,22). The largest absolute Gasteiger partial charge is 0.356 e. The third-order valence-corrected chi connectivity index (χ3v) is 4.27. The van der Waals surface area contributed by atoms with Gasteiger partial charge in [-0.2, -0.15) is 0 Å². The lowest BCUT2D eigenvalue weighted by molar-refractivity contribution is 0.629. The molecule has 0 saturated heterocycles. The van der Waals surface area contributed by atoms with Crippen LogP contribution < -0.4 is 10.6 Å². The average Bonchev–Trinajstić information content (AvgIpc) is 2.50. The zero-order chi connectivity index (χ0) is 16.1. The van der Waals surface area contributed by atoms with Crippen molar-refractivity contribution in [2.24, 2.45) is 0 Å². The van der Waals surface area contributed by atoms with Gasteiger partial charge in [0.15, 0.2) is 5.11 Å². The highest BCUT2D eigenvalue weighted by atomic mass is 32.1. The zero-order valence-electron chi connectivity index (χ0n) is 13.7. The minimum atomic E-state index is 0.228. The summed E-state index contributed by atoms with van der Waals surface area (Å²) < 4.78 is 0. The van der Waals surface area contributed by atoms with Crippen LogP contribution in [0.25, 0.3) is 0 Å². The fourth-order valence-electron chi connectivity index (χ4n) is 2.42. The van der Waals surface area contributed by atoms with Crippen LogP contribution in [0.2, 0.25) is 0 Å². The molecule has 2 rings (SSSR count). The van der Waals surface area contributed by atoms with Crippen molar-refractivity contribution in [3.05, 3.63) is 64.7 Å². The van der Waals surface area contributed by atoms with Crippen LogP contribution in [0.4, 0.5) is 5.69 Å². The van der Waals surface area contributed by atoms with Gasteiger partial charge >= 0.3 is 0 Å². The highest BCUT2D eigenvalue weighted by molar-refractivity contribution is 7.80. The summed E-state index contributed by atoms with van der Waals surface area (Å²) in [5, 5.41) is 7.40. The molecule has 116 valence electrons. The van der Waals surface area contributed by atoms with Gasteiger partial charge in [-0.15, -0.1) is 0 Å². The fraction of sp³-hybridized carbons (Fsp3) is 0.316. The summed E-state index contributed by atoms with van der Waals surface area (Å²) >= 11 is 5.49. The summed E-state index contributed by atoms with van der Waals surface area (Å²) in [5.74, 6) is 0. The van der Waals surface area contributed by atoms with Crippen LogP contribution in [-0.4, -0.2) is 5.11 Å². The highest BCUT2D eigenvalue weighted by Crippen LogP contribution is 2.20. The molecule has 2 N–H and O–H groups in total. The second-order valence-electron chi connectivity index (χ2n) is 5.72. The molecule has 0 saturated carbocycles. The van der Waals surface area contributed by atoms with Crippen LogP contribution in [0.3, 0.4) is 0 Å². The fourth-order valence-corrected chi connectivity index (χ4v) is 2.68. The van der Waals surface area contributed by atoms with E-state index < -0.39 is 0 Å². The maximum absolute atomic E-state index is 5.49. The first-order valence-electron chi connectivity index (χ1n) is 7.71. The number of hydrogen-bond acceptors (Lipinski definition) is 1. The van der Waals surface area contributed by atoms with Crippen molar-refractivity contribution in [2.75, 3.05) is 5.32 Å². The van der Waals surface area contributed by atoms with E-state index in [0.717, 1.165) is 12.1 Å². The van der Waals surface area contributed by atoms with Crippen molar-refractivity contribution < 1.29 is 0 Å². The third kappa shape index (κ3) is 4.08. The van der Waals surface area contributed by atoms with Gasteiger partial charge in [-0.3, -0.25) is 0 Å². The average molecular weight is 312 g/mol. The van der Waals surface area contributed by atoms with E-state index in [9.17, 15) is 0 Å². The third-order valence-electron chi connectivity index (χ3n) is 4.05. The number of anilines is 1. The van der Waals surface area contributed by atoms with E-state index >= 15 is 0 Å². The highest BCUT2D eigenvalue weighted by Gasteiger charge is 2.11. The topological polar surface area (TPSA) is 24.1 Å². The Balaban J connectivity index is 2.06. The number of thiocarbonyl (C=S) groups is 1. The molecule has 0 radical (unpaired) electrons. The summed E-state index contributed by atoms with van der Waals surface area (Å²) in [6.07, 6.45) is 0.984. The van der Waals surface area contributed by atoms with Gasteiger partial charge in [-0.05, 0) is 62.2 Å². The molecule has 0 spiro atoms. The predicted molar refractivity (Wildman–Crippen MR) is 99.5 cm³/mol. The number of hydrogen-bond donors (Lipinski definition) is 2. The molecular formula is C19H24N2S. The Morgan fingerprint density at radius 3 is 2.36 bits per heavy atom. The zero-order valence-corrected chi connectivity index (χ0v) is 14.6. The maximum atomic E-state index is 5.49. The summed E-state index contributed by atoms with van der Waals surface area (Å²) in [7, 11) is 0. The molecule has 2 aromatic carbocycles. The van der Waals surface area contributed by atoms with Gasteiger partial charge in [0.2, 0.25) is 0 Å². The monoisotopic (exact) mass is 312 g/mol. The number of benzene rings is 2. The van der Waals surface area contributed by atoms with Gasteiger partial charge in [0.25, 0.3) is 0 Å². The smallest absolute Gasteiger partial charge is 0.171 e. The Morgan fingerprint density at radius 2 is 1.73 bits per heavy atom. The van der Waals surface area contributed by atoms with E-state index in [4.69, 9.17) is 12.2 Å². The molecular weight excluding hydrogens is 288 g/mol. The van der Waals surface area contributed by atoms with Crippen LogP contribution in [0.1, 0.15) is 41.6 Å². The summed E-state index contributed by atoms with van der Waals surface area (Å²) in [6.45, 7) is 8.48. The lowest BCUT2D eigenvalue weighted by atomic mass is 10.0. The van der Waals surface area contributed by atoms with Gasteiger partial charge < -0.3 is 10.6 Å². The second kappa shape index (κ2) is 7.41. The summed E-state index contributed by atoms with van der Waals surface area (Å²) in [5.41, 5.74) is 6.09. The lowest BCUT2D eigenvalue weighted by Gasteiger charge is -2.21. The van der Waals surface area contributed by atoms with Gasteiger partial charge in [-0.1, -0.05) is 48.9 Å². The molecule has 0 fully saturated rings. The first kappa shape index (κ1) is 16.5. The van der Waals surface area contributed by atoms with Crippen LogP contribution in [0.15, 0.2) is 42.5 Å². The van der Waals surface area contributed by atoms with E-state index in [0.29, 0.717) is 5.11 Å². The molecule has 0 bridgehead atoms. The Labute approximate surface area is 139 Å². The van der Waals surface area contributed by atoms with Crippen LogP contribution in [0, 0.1) is 20.8 Å². The number of nitrogens with one attached hydrogen (secondary N) is 2. The van der Waals surface area contributed by atoms with Crippen LogP contribution in [-0.2, 0) is 0 Å². The summed E-state index contributed by atoms with van der Waals surface area (Å²) in [6, 6.07) is 15.0.